The number of methoxy groups -OCH3 is 1. The molecule has 0 atom stereocenters. The number of carbonyl (C=O) groups excluding carboxylic acids is 1. The number of hydrogen-bond donors (Lipinski definition) is 0. The second-order valence-corrected chi connectivity index (χ2v) is 8.43. The Hall–Kier alpha value is -0.990. The Morgan fingerprint density at radius 2 is 2.00 bits per heavy atom. The van der Waals surface area contributed by atoms with Crippen molar-refractivity contribution in [2.45, 2.75) is 49.0 Å². The standard InChI is InChI=1S/C14H21NO5S2/c1-19-13(16)12-10-21-14(15-12)22(17,18)9-8-20-11-6-4-2-3-5-7-11/h10-11H,2-9H2,1H3. The molecule has 0 N–H and O–H groups in total. The molecular formula is C14H21NO5S2. The molecule has 1 aromatic rings. The van der Waals surface area contributed by atoms with Gasteiger partial charge in [0.05, 0.1) is 25.6 Å². The van der Waals surface area contributed by atoms with E-state index in [0.717, 1.165) is 37.0 Å². The predicted molar refractivity (Wildman–Crippen MR) is 82.9 cm³/mol. The van der Waals surface area contributed by atoms with E-state index in [1.807, 2.05) is 0 Å². The number of hydrogen-bond acceptors (Lipinski definition) is 7. The van der Waals surface area contributed by atoms with Crippen molar-refractivity contribution in [1.29, 1.82) is 0 Å². The van der Waals surface area contributed by atoms with E-state index >= 15 is 0 Å². The predicted octanol–water partition coefficient (Wildman–Crippen LogP) is 2.44. The van der Waals surface area contributed by atoms with Crippen LogP contribution in [0, 0.1) is 0 Å². The van der Waals surface area contributed by atoms with E-state index < -0.39 is 15.8 Å². The summed E-state index contributed by atoms with van der Waals surface area (Å²) in [5.74, 6) is -0.745. The molecule has 1 aliphatic carbocycles. The van der Waals surface area contributed by atoms with Crippen molar-refractivity contribution < 1.29 is 22.7 Å². The van der Waals surface area contributed by atoms with Crippen molar-refractivity contribution in [3.8, 4) is 0 Å². The van der Waals surface area contributed by atoms with Gasteiger partial charge in [-0.3, -0.25) is 0 Å². The lowest BCUT2D eigenvalue weighted by molar-refractivity contribution is 0.0536. The summed E-state index contributed by atoms with van der Waals surface area (Å²) in [6, 6.07) is 0. The van der Waals surface area contributed by atoms with Gasteiger partial charge in [0.2, 0.25) is 14.2 Å². The second kappa shape index (κ2) is 8.03. The Morgan fingerprint density at radius 1 is 1.32 bits per heavy atom. The highest BCUT2D eigenvalue weighted by Crippen LogP contribution is 2.21. The van der Waals surface area contributed by atoms with E-state index in [4.69, 9.17) is 4.74 Å². The Balaban J connectivity index is 1.87. The zero-order valence-corrected chi connectivity index (χ0v) is 14.2. The summed E-state index contributed by atoms with van der Waals surface area (Å²) in [4.78, 5) is 15.1. The van der Waals surface area contributed by atoms with Gasteiger partial charge in [0.25, 0.3) is 0 Å². The molecule has 0 spiro atoms. The maximum Gasteiger partial charge on any atom is 0.357 e. The molecule has 8 heteroatoms. The van der Waals surface area contributed by atoms with Crippen LogP contribution in [0.4, 0.5) is 0 Å². The van der Waals surface area contributed by atoms with Gasteiger partial charge in [-0.15, -0.1) is 11.3 Å². The normalized spacial score (nSPS) is 17.1. The molecular weight excluding hydrogens is 326 g/mol. The highest BCUT2D eigenvalue weighted by atomic mass is 32.2. The summed E-state index contributed by atoms with van der Waals surface area (Å²) in [7, 11) is -2.28. The molecule has 1 fully saturated rings. The van der Waals surface area contributed by atoms with Crippen LogP contribution in [0.2, 0.25) is 0 Å². The van der Waals surface area contributed by atoms with Crippen LogP contribution < -0.4 is 0 Å². The van der Waals surface area contributed by atoms with Gasteiger partial charge in [-0.2, -0.15) is 0 Å². The van der Waals surface area contributed by atoms with Gasteiger partial charge in [0.1, 0.15) is 0 Å². The Morgan fingerprint density at radius 3 is 2.64 bits per heavy atom. The molecule has 2 rings (SSSR count). The van der Waals surface area contributed by atoms with Gasteiger partial charge >= 0.3 is 5.97 Å². The molecule has 0 radical (unpaired) electrons. The average molecular weight is 347 g/mol. The number of ether oxygens (including phenoxy) is 2. The number of rotatable bonds is 6. The number of thiazole rings is 1. The fourth-order valence-electron chi connectivity index (χ4n) is 2.42. The van der Waals surface area contributed by atoms with Crippen molar-refractivity contribution in [3.05, 3.63) is 11.1 Å². The highest BCUT2D eigenvalue weighted by molar-refractivity contribution is 7.93. The third-order valence-electron chi connectivity index (χ3n) is 3.65. The number of nitrogens with zero attached hydrogens (tertiary/aromatic N) is 1. The van der Waals surface area contributed by atoms with E-state index in [0.29, 0.717) is 0 Å². The van der Waals surface area contributed by atoms with E-state index in [1.165, 1.54) is 25.3 Å². The SMILES string of the molecule is COC(=O)c1csc(S(=O)(=O)CCOC2CCCCCC2)n1. The van der Waals surface area contributed by atoms with Crippen LogP contribution in [-0.4, -0.2) is 44.9 Å². The largest absolute Gasteiger partial charge is 0.464 e. The number of aromatic nitrogens is 1. The van der Waals surface area contributed by atoms with E-state index in [2.05, 4.69) is 9.72 Å². The third-order valence-corrected chi connectivity index (χ3v) is 6.66. The topological polar surface area (TPSA) is 82.6 Å². The van der Waals surface area contributed by atoms with E-state index in [1.54, 1.807) is 0 Å². The molecule has 0 aliphatic heterocycles. The Kier molecular flexibility index (Phi) is 6.34. The van der Waals surface area contributed by atoms with Crippen LogP contribution in [-0.2, 0) is 19.3 Å². The maximum absolute atomic E-state index is 12.2. The first kappa shape index (κ1) is 17.4. The molecule has 0 amide bonds. The summed E-state index contributed by atoms with van der Waals surface area (Å²) in [6.07, 6.45) is 6.92. The third kappa shape index (κ3) is 4.76. The number of esters is 1. The van der Waals surface area contributed by atoms with E-state index in [9.17, 15) is 13.2 Å². The molecule has 1 saturated carbocycles. The van der Waals surface area contributed by atoms with Crippen LogP contribution in [0.25, 0.3) is 0 Å². The fraction of sp³-hybridized carbons (Fsp3) is 0.714. The average Bonchev–Trinajstić information content (AvgIpc) is 2.87. The first-order chi connectivity index (χ1) is 10.5. The molecule has 0 aromatic carbocycles. The molecule has 22 heavy (non-hydrogen) atoms. The minimum absolute atomic E-state index is 0.0239. The Labute approximate surface area is 134 Å². The minimum Gasteiger partial charge on any atom is -0.464 e. The lowest BCUT2D eigenvalue weighted by Gasteiger charge is -2.14. The summed E-state index contributed by atoms with van der Waals surface area (Å²) >= 11 is 0.934. The van der Waals surface area contributed by atoms with Crippen LogP contribution in [0.1, 0.15) is 49.0 Å². The second-order valence-electron chi connectivity index (χ2n) is 5.29. The fourth-order valence-corrected chi connectivity index (χ4v) is 4.64. The van der Waals surface area contributed by atoms with Crippen LogP contribution in [0.15, 0.2) is 9.72 Å². The minimum atomic E-state index is -3.52. The van der Waals surface area contributed by atoms with Crippen LogP contribution in [0.3, 0.4) is 0 Å². The summed E-state index contributed by atoms with van der Waals surface area (Å²) in [5, 5.41) is 1.39. The summed E-state index contributed by atoms with van der Waals surface area (Å²) in [6.45, 7) is 0.167. The molecule has 0 unspecified atom stereocenters. The van der Waals surface area contributed by atoms with Crippen molar-refractivity contribution in [2.75, 3.05) is 19.5 Å². The zero-order valence-electron chi connectivity index (χ0n) is 12.6. The van der Waals surface area contributed by atoms with Gasteiger partial charge in [-0.05, 0) is 12.8 Å². The highest BCUT2D eigenvalue weighted by Gasteiger charge is 2.22. The van der Waals surface area contributed by atoms with Crippen molar-refractivity contribution in [1.82, 2.24) is 4.98 Å². The van der Waals surface area contributed by atoms with E-state index in [-0.39, 0.29) is 28.5 Å². The summed E-state index contributed by atoms with van der Waals surface area (Å²) < 4.78 is 34.5. The van der Waals surface area contributed by atoms with Gasteiger partial charge in [-0.25, -0.2) is 18.2 Å². The molecule has 124 valence electrons. The number of sulfone groups is 1. The molecule has 1 aliphatic rings. The van der Waals surface area contributed by atoms with Gasteiger partial charge in [-0.1, -0.05) is 25.7 Å². The molecule has 6 nitrogen and oxygen atoms in total. The van der Waals surface area contributed by atoms with Crippen molar-refractivity contribution in [2.24, 2.45) is 0 Å². The molecule has 0 saturated heterocycles. The monoisotopic (exact) mass is 347 g/mol. The van der Waals surface area contributed by atoms with Crippen molar-refractivity contribution >= 4 is 27.1 Å². The van der Waals surface area contributed by atoms with Crippen LogP contribution >= 0.6 is 11.3 Å². The van der Waals surface area contributed by atoms with Gasteiger partial charge < -0.3 is 9.47 Å². The first-order valence-corrected chi connectivity index (χ1v) is 9.94. The van der Waals surface area contributed by atoms with Gasteiger partial charge in [0.15, 0.2) is 5.69 Å². The maximum atomic E-state index is 12.2. The summed E-state index contributed by atoms with van der Waals surface area (Å²) in [5.41, 5.74) is 0.0239. The van der Waals surface area contributed by atoms with Crippen LogP contribution in [0.5, 0.6) is 0 Å². The zero-order chi connectivity index (χ0) is 16.0. The quantitative estimate of drug-likeness (QED) is 0.581. The molecule has 0 bridgehead atoms. The van der Waals surface area contributed by atoms with Crippen molar-refractivity contribution in [3.63, 3.8) is 0 Å². The molecule has 1 aromatic heterocycles. The Bertz CT molecular complexity index is 588. The first-order valence-electron chi connectivity index (χ1n) is 7.41. The van der Waals surface area contributed by atoms with Gasteiger partial charge in [0, 0.05) is 5.38 Å². The lowest BCUT2D eigenvalue weighted by Crippen LogP contribution is -2.18. The smallest absolute Gasteiger partial charge is 0.357 e. The molecule has 1 heterocycles. The lowest BCUT2D eigenvalue weighted by atomic mass is 10.1. The number of carbonyl (C=O) groups is 1.